The third kappa shape index (κ3) is 8.77. The van der Waals surface area contributed by atoms with Crippen LogP contribution in [0.3, 0.4) is 0 Å². The first-order chi connectivity index (χ1) is 10.9. The van der Waals surface area contributed by atoms with Gasteiger partial charge in [0.15, 0.2) is 0 Å². The zero-order chi connectivity index (χ0) is 17.8. The second-order valence-corrected chi connectivity index (χ2v) is 8.25. The Balaban J connectivity index is 0.00000108. The zero-order valence-electron chi connectivity index (χ0n) is 15.8. The monoisotopic (exact) mass is 489 g/mol. The molecule has 1 rings (SSSR count). The van der Waals surface area contributed by atoms with Crippen LogP contribution in [0.2, 0.25) is 0 Å². The normalized spacial score (nSPS) is 20.7. The summed E-state index contributed by atoms with van der Waals surface area (Å²) in [6, 6.07) is 0.271. The molecule has 1 atom stereocenters. The van der Waals surface area contributed by atoms with E-state index in [-0.39, 0.29) is 6.04 Å². The van der Waals surface area contributed by atoms with E-state index in [1.807, 2.05) is 0 Å². The fraction of sp³-hybridized carbons (Fsp3) is 0.684. The van der Waals surface area contributed by atoms with E-state index in [0.29, 0.717) is 0 Å². The molecule has 0 heterocycles. The van der Waals surface area contributed by atoms with Crippen molar-refractivity contribution >= 4 is 9.73 Å². The van der Waals surface area contributed by atoms with Gasteiger partial charge in [0, 0.05) is 0 Å². The Kier molecular flexibility index (Phi) is 12.5. The van der Waals surface area contributed by atoms with Gasteiger partial charge < -0.3 is 0 Å². The minimum atomic E-state index is 0.271. The summed E-state index contributed by atoms with van der Waals surface area (Å²) in [4.78, 5) is 0. The average Bonchev–Trinajstić information content (AvgIpc) is 2.66. The summed E-state index contributed by atoms with van der Waals surface area (Å²) in [6.07, 6.45) is 9.87. The predicted octanol–water partition coefficient (Wildman–Crippen LogP) is 4.47. The fourth-order valence-electron chi connectivity index (χ4n) is 2.49. The van der Waals surface area contributed by atoms with Crippen LogP contribution in [0.5, 0.6) is 0 Å². The number of hydrogen-bond donors (Lipinski definition) is 2. The van der Waals surface area contributed by atoms with Crippen LogP contribution in [-0.4, -0.2) is 15.8 Å². The topological polar surface area (TPSA) is 50.4 Å². The van der Waals surface area contributed by atoms with Crippen molar-refractivity contribution in [3.05, 3.63) is 23.3 Å². The molecular formula is C19H35N3W. The molecule has 0 aliphatic heterocycles. The van der Waals surface area contributed by atoms with Gasteiger partial charge in [-0.1, -0.05) is 20.8 Å². The Bertz CT molecular complexity index is 445. The van der Waals surface area contributed by atoms with Gasteiger partial charge >= 0.3 is 128 Å². The number of rotatable bonds is 5. The van der Waals surface area contributed by atoms with Crippen LogP contribution in [0, 0.1) is 5.92 Å². The maximum absolute atomic E-state index is 5.70. The summed E-state index contributed by atoms with van der Waals surface area (Å²) in [5.74, 6) is 6.53. The molecule has 0 aromatic carbocycles. The molecule has 0 spiro atoms. The van der Waals surface area contributed by atoms with E-state index in [0.717, 1.165) is 37.3 Å². The van der Waals surface area contributed by atoms with E-state index in [2.05, 4.69) is 64.1 Å². The van der Waals surface area contributed by atoms with Crippen LogP contribution in [-0.2, 0) is 19.4 Å². The molecule has 1 unspecified atom stereocenters. The molecule has 0 saturated heterocycles. The maximum atomic E-state index is 5.70. The van der Waals surface area contributed by atoms with Crippen molar-refractivity contribution in [3.63, 3.8) is 0 Å². The summed E-state index contributed by atoms with van der Waals surface area (Å²) in [7, 11) is 0. The van der Waals surface area contributed by atoms with Crippen molar-refractivity contribution in [2.75, 3.05) is 0 Å². The first-order valence-electron chi connectivity index (χ1n) is 8.83. The van der Waals surface area contributed by atoms with Crippen LogP contribution >= 0.6 is 0 Å². The van der Waals surface area contributed by atoms with E-state index >= 15 is 0 Å². The van der Waals surface area contributed by atoms with E-state index in [9.17, 15) is 0 Å². The van der Waals surface area contributed by atoms with Crippen LogP contribution in [0.15, 0.2) is 28.4 Å². The van der Waals surface area contributed by atoms with E-state index in [1.54, 1.807) is 0 Å². The molecule has 4 heteroatoms. The summed E-state index contributed by atoms with van der Waals surface area (Å²) >= 11 is 1.50. The molecule has 23 heavy (non-hydrogen) atoms. The SMILES string of the molecule is C/C=C\C1=C(CC)CCCC(N[C](=[W])CC)/C1=N\N.CC(C)C. The van der Waals surface area contributed by atoms with Crippen LogP contribution in [0.25, 0.3) is 0 Å². The maximum Gasteiger partial charge on any atom is -0.0500 e. The van der Waals surface area contributed by atoms with Crippen LogP contribution in [0.4, 0.5) is 0 Å². The van der Waals surface area contributed by atoms with Crippen LogP contribution < -0.4 is 11.2 Å². The minimum absolute atomic E-state index is 0.271. The number of hydrogen-bond acceptors (Lipinski definition) is 3. The molecule has 0 aromatic rings. The molecular weight excluding hydrogens is 454 g/mol. The van der Waals surface area contributed by atoms with Gasteiger partial charge in [0.05, 0.1) is 0 Å². The Morgan fingerprint density at radius 1 is 1.39 bits per heavy atom. The number of nitrogens with zero attached hydrogens (tertiary/aromatic N) is 1. The molecule has 0 aromatic heterocycles. The standard InChI is InChI=1S/C15H25N3.C4H10.W/c1-4-8-13-12(6-3)9-7-10-14(15(13)18-16)17-11-5-2;1-4(2)3;/h4,8,14,17H,5-7,9-10,16H2,1-3H3;4H,1-3H3;/b8-4-,18-15-;;. The van der Waals surface area contributed by atoms with Crippen molar-refractivity contribution in [3.8, 4) is 0 Å². The second kappa shape index (κ2) is 12.8. The van der Waals surface area contributed by atoms with Gasteiger partial charge in [0.25, 0.3) is 0 Å². The van der Waals surface area contributed by atoms with Gasteiger partial charge in [-0.15, -0.1) is 0 Å². The molecule has 1 aliphatic carbocycles. The van der Waals surface area contributed by atoms with Gasteiger partial charge in [0.1, 0.15) is 0 Å². The van der Waals surface area contributed by atoms with Crippen molar-refractivity contribution < 1.29 is 19.4 Å². The minimum Gasteiger partial charge on any atom is -0.0630 e. The molecule has 132 valence electrons. The summed E-state index contributed by atoms with van der Waals surface area (Å²) in [6.45, 7) is 13.0. The van der Waals surface area contributed by atoms with E-state index < -0.39 is 0 Å². The van der Waals surface area contributed by atoms with Gasteiger partial charge in [-0.3, -0.25) is 0 Å². The molecule has 0 saturated carbocycles. The summed E-state index contributed by atoms with van der Waals surface area (Å²) in [5.41, 5.74) is 3.76. The fourth-order valence-corrected chi connectivity index (χ4v) is 3.00. The van der Waals surface area contributed by atoms with Gasteiger partial charge in [0.2, 0.25) is 0 Å². The number of nitrogens with one attached hydrogen (secondary N) is 1. The Labute approximate surface area is 154 Å². The third-order valence-electron chi connectivity index (χ3n) is 3.51. The van der Waals surface area contributed by atoms with Crippen LogP contribution in [0.1, 0.15) is 73.6 Å². The third-order valence-corrected chi connectivity index (χ3v) is 4.97. The molecule has 0 fully saturated rings. The largest absolute Gasteiger partial charge is 0.0630 e. The van der Waals surface area contributed by atoms with E-state index in [1.165, 1.54) is 40.9 Å². The van der Waals surface area contributed by atoms with Crippen molar-refractivity contribution in [1.82, 2.24) is 5.32 Å². The molecule has 3 N–H and O–H groups in total. The zero-order valence-corrected chi connectivity index (χ0v) is 18.7. The first kappa shape index (κ1) is 22.5. The van der Waals surface area contributed by atoms with Gasteiger partial charge in [-0.25, -0.2) is 0 Å². The number of hydrazone groups is 1. The van der Waals surface area contributed by atoms with Crippen molar-refractivity contribution in [2.45, 2.75) is 79.7 Å². The van der Waals surface area contributed by atoms with E-state index in [4.69, 9.17) is 5.84 Å². The molecule has 3 nitrogen and oxygen atoms in total. The number of allylic oxidation sites excluding steroid dienone is 3. The summed E-state index contributed by atoms with van der Waals surface area (Å²) < 4.78 is 1.38. The first-order valence-corrected chi connectivity index (χ1v) is 10.3. The Hall–Kier alpha value is -0.532. The van der Waals surface area contributed by atoms with Crippen molar-refractivity contribution in [2.24, 2.45) is 16.9 Å². The summed E-state index contributed by atoms with van der Waals surface area (Å²) in [5, 5.41) is 7.73. The Morgan fingerprint density at radius 2 is 2.00 bits per heavy atom. The average molecular weight is 489 g/mol. The van der Waals surface area contributed by atoms with Crippen molar-refractivity contribution in [1.29, 1.82) is 0 Å². The molecule has 0 bridgehead atoms. The van der Waals surface area contributed by atoms with Gasteiger partial charge in [-0.05, 0) is 5.92 Å². The Morgan fingerprint density at radius 3 is 2.43 bits per heavy atom. The molecule has 0 amide bonds. The predicted molar refractivity (Wildman–Crippen MR) is 100 cm³/mol. The van der Waals surface area contributed by atoms with Gasteiger partial charge in [-0.2, -0.15) is 0 Å². The molecule has 1 aliphatic rings. The number of nitrogens with two attached hydrogens (primary N) is 1. The smallest absolute Gasteiger partial charge is 0.0500 e. The second-order valence-electron chi connectivity index (χ2n) is 6.48. The molecule has 0 radical (unpaired) electrons. The quantitative estimate of drug-likeness (QED) is 0.442.